The van der Waals surface area contributed by atoms with Crippen LogP contribution in [0.4, 0.5) is 0 Å². The first-order valence-corrected chi connectivity index (χ1v) is 13.1. The van der Waals surface area contributed by atoms with Gasteiger partial charge in [0.2, 0.25) is 11.8 Å². The summed E-state index contributed by atoms with van der Waals surface area (Å²) in [6, 6.07) is 3.40. The van der Waals surface area contributed by atoms with Gasteiger partial charge in [0, 0.05) is 26.2 Å². The average molecular weight is 549 g/mol. The lowest BCUT2D eigenvalue weighted by Gasteiger charge is -2.23. The fourth-order valence-electron chi connectivity index (χ4n) is 4.12. The van der Waals surface area contributed by atoms with Crippen molar-refractivity contribution in [3.05, 3.63) is 29.3 Å². The second-order valence-electron chi connectivity index (χ2n) is 8.95. The first kappa shape index (κ1) is 30.2. The number of imide groups is 2. The molecule has 3 rings (SSSR count). The second-order valence-corrected chi connectivity index (χ2v) is 8.95. The molecule has 0 spiro atoms. The highest BCUT2D eigenvalue weighted by Crippen LogP contribution is 2.33. The standard InChI is InChI=1S/C26H36N4O9/c27-9-3-11-36-13-15-38-16-14-37-12-4-10-28-22(32)17-39-20-7-1-5-18-23(20)26(35)30(25(18)34)19-6-2-8-21(31)29-24(19)33/h1,5,7,19H,2-4,6,8-17,27H2,(H,28,32)(H,29,31,33)/t19-/m0/s1. The number of nitrogens with one attached hydrogen (secondary N) is 2. The smallest absolute Gasteiger partial charge is 0.266 e. The summed E-state index contributed by atoms with van der Waals surface area (Å²) in [4.78, 5) is 63.3. The van der Waals surface area contributed by atoms with Gasteiger partial charge in [0.25, 0.3) is 17.7 Å². The quantitative estimate of drug-likeness (QED) is 0.174. The number of amides is 5. The number of ether oxygens (including phenoxy) is 4. The lowest BCUT2D eigenvalue weighted by Crippen LogP contribution is -2.49. The lowest BCUT2D eigenvalue weighted by molar-refractivity contribution is -0.131. The van der Waals surface area contributed by atoms with Crippen molar-refractivity contribution in [3.63, 3.8) is 0 Å². The van der Waals surface area contributed by atoms with E-state index in [1.54, 1.807) is 0 Å². The monoisotopic (exact) mass is 548 g/mol. The highest BCUT2D eigenvalue weighted by atomic mass is 16.5. The molecule has 1 atom stereocenters. The summed E-state index contributed by atoms with van der Waals surface area (Å²) in [6.45, 7) is 3.56. The molecule has 0 aromatic heterocycles. The number of nitrogens with zero attached hydrogens (tertiary/aromatic N) is 1. The molecule has 13 heteroatoms. The first-order valence-electron chi connectivity index (χ1n) is 13.1. The molecule has 4 N–H and O–H groups in total. The third-order valence-corrected chi connectivity index (χ3v) is 6.05. The van der Waals surface area contributed by atoms with Gasteiger partial charge in [-0.2, -0.15) is 0 Å². The fraction of sp³-hybridized carbons (Fsp3) is 0.577. The third-order valence-electron chi connectivity index (χ3n) is 6.05. The van der Waals surface area contributed by atoms with E-state index in [1.807, 2.05) is 0 Å². The Balaban J connectivity index is 1.36. The Morgan fingerprint density at radius 2 is 1.67 bits per heavy atom. The van der Waals surface area contributed by atoms with Crippen LogP contribution in [-0.4, -0.2) is 99.8 Å². The van der Waals surface area contributed by atoms with Gasteiger partial charge in [-0.05, 0) is 44.4 Å². The number of benzene rings is 1. The van der Waals surface area contributed by atoms with Gasteiger partial charge in [0.1, 0.15) is 11.8 Å². The Hall–Kier alpha value is -3.39. The number of hydrogen-bond donors (Lipinski definition) is 3. The van der Waals surface area contributed by atoms with E-state index in [9.17, 15) is 24.0 Å². The Labute approximate surface area is 226 Å². The van der Waals surface area contributed by atoms with Gasteiger partial charge < -0.3 is 30.0 Å². The average Bonchev–Trinajstić information content (AvgIpc) is 3.05. The molecular weight excluding hydrogens is 512 g/mol. The molecule has 0 radical (unpaired) electrons. The summed E-state index contributed by atoms with van der Waals surface area (Å²) in [5, 5.41) is 4.92. The summed E-state index contributed by atoms with van der Waals surface area (Å²) >= 11 is 0. The summed E-state index contributed by atoms with van der Waals surface area (Å²) in [6.07, 6.45) is 2.10. The van der Waals surface area contributed by atoms with Crippen LogP contribution in [0, 0.1) is 0 Å². The van der Waals surface area contributed by atoms with Crippen LogP contribution in [0.25, 0.3) is 0 Å². The Kier molecular flexibility index (Phi) is 12.3. The molecule has 0 aliphatic carbocycles. The van der Waals surface area contributed by atoms with E-state index in [0.717, 1.165) is 11.3 Å². The largest absolute Gasteiger partial charge is 0.483 e. The van der Waals surface area contributed by atoms with Crippen molar-refractivity contribution < 1.29 is 42.9 Å². The number of hydrogen-bond acceptors (Lipinski definition) is 10. The molecule has 1 aromatic carbocycles. The van der Waals surface area contributed by atoms with Crippen molar-refractivity contribution in [2.24, 2.45) is 5.73 Å². The Morgan fingerprint density at radius 1 is 0.974 bits per heavy atom. The highest BCUT2D eigenvalue weighted by molar-refractivity contribution is 6.24. The Morgan fingerprint density at radius 3 is 2.38 bits per heavy atom. The number of rotatable bonds is 17. The topological polar surface area (TPSA) is 176 Å². The van der Waals surface area contributed by atoms with Gasteiger partial charge >= 0.3 is 0 Å². The van der Waals surface area contributed by atoms with Crippen molar-refractivity contribution >= 4 is 29.5 Å². The highest BCUT2D eigenvalue weighted by Gasteiger charge is 2.45. The minimum atomic E-state index is -1.09. The number of carbonyl (C=O) groups is 5. The van der Waals surface area contributed by atoms with Gasteiger partial charge in [-0.1, -0.05) is 6.07 Å². The van der Waals surface area contributed by atoms with Gasteiger partial charge in [0.05, 0.1) is 37.6 Å². The van der Waals surface area contributed by atoms with E-state index in [0.29, 0.717) is 65.6 Å². The number of fused-ring (bicyclic) bond motifs is 1. The number of nitrogens with two attached hydrogens (primary N) is 1. The zero-order valence-electron chi connectivity index (χ0n) is 21.9. The summed E-state index contributed by atoms with van der Waals surface area (Å²) in [7, 11) is 0. The molecule has 2 heterocycles. The maximum atomic E-state index is 13.1. The van der Waals surface area contributed by atoms with E-state index in [1.165, 1.54) is 18.2 Å². The summed E-state index contributed by atoms with van der Waals surface area (Å²) < 4.78 is 21.7. The minimum absolute atomic E-state index is 0.00332. The molecule has 0 unspecified atom stereocenters. The molecule has 0 saturated carbocycles. The molecule has 2 aliphatic heterocycles. The SMILES string of the molecule is NCCCOCCOCCOCCCNC(=O)COc1cccc2c1C(=O)N([C@H]1CCCC(=O)NC1=O)C2=O. The molecule has 5 amide bonds. The van der Waals surface area contributed by atoms with E-state index in [-0.39, 0.29) is 36.3 Å². The van der Waals surface area contributed by atoms with Gasteiger partial charge in [0.15, 0.2) is 6.61 Å². The van der Waals surface area contributed by atoms with E-state index in [4.69, 9.17) is 24.7 Å². The zero-order chi connectivity index (χ0) is 28.0. The van der Waals surface area contributed by atoms with Crippen LogP contribution in [0.1, 0.15) is 52.8 Å². The molecule has 0 bridgehead atoms. The van der Waals surface area contributed by atoms with Crippen molar-refractivity contribution in [3.8, 4) is 5.75 Å². The van der Waals surface area contributed by atoms with Crippen LogP contribution in [-0.2, 0) is 28.6 Å². The molecule has 13 nitrogen and oxygen atoms in total. The fourth-order valence-corrected chi connectivity index (χ4v) is 4.12. The van der Waals surface area contributed by atoms with Crippen molar-refractivity contribution in [1.82, 2.24) is 15.5 Å². The molecule has 214 valence electrons. The molecule has 39 heavy (non-hydrogen) atoms. The summed E-state index contributed by atoms with van der Waals surface area (Å²) in [5.41, 5.74) is 5.46. The Bertz CT molecular complexity index is 1030. The van der Waals surface area contributed by atoms with Gasteiger partial charge in [-0.15, -0.1) is 0 Å². The first-order chi connectivity index (χ1) is 18.9. The van der Waals surface area contributed by atoms with Crippen molar-refractivity contribution in [2.75, 3.05) is 59.3 Å². The van der Waals surface area contributed by atoms with Crippen molar-refractivity contribution in [2.45, 2.75) is 38.1 Å². The van der Waals surface area contributed by atoms with Crippen LogP contribution in [0.3, 0.4) is 0 Å². The zero-order valence-corrected chi connectivity index (χ0v) is 21.9. The predicted octanol–water partition coefficient (Wildman–Crippen LogP) is -0.238. The predicted molar refractivity (Wildman–Crippen MR) is 137 cm³/mol. The molecular formula is C26H36N4O9. The maximum absolute atomic E-state index is 13.1. The van der Waals surface area contributed by atoms with Crippen molar-refractivity contribution in [1.29, 1.82) is 0 Å². The molecule has 1 fully saturated rings. The van der Waals surface area contributed by atoms with Gasteiger partial charge in [-0.3, -0.25) is 34.2 Å². The second kappa shape index (κ2) is 15.9. The third kappa shape index (κ3) is 8.82. The van der Waals surface area contributed by atoms with Gasteiger partial charge in [-0.25, -0.2) is 0 Å². The normalized spacial score (nSPS) is 17.2. The maximum Gasteiger partial charge on any atom is 0.266 e. The van der Waals surface area contributed by atoms with E-state index in [2.05, 4.69) is 10.6 Å². The van der Waals surface area contributed by atoms with E-state index >= 15 is 0 Å². The van der Waals surface area contributed by atoms with Crippen LogP contribution in [0.5, 0.6) is 5.75 Å². The van der Waals surface area contributed by atoms with E-state index < -0.39 is 35.6 Å². The molecule has 1 aromatic rings. The van der Waals surface area contributed by atoms with Crippen LogP contribution >= 0.6 is 0 Å². The lowest BCUT2D eigenvalue weighted by atomic mass is 10.1. The van der Waals surface area contributed by atoms with Crippen LogP contribution in [0.2, 0.25) is 0 Å². The minimum Gasteiger partial charge on any atom is -0.483 e. The molecule has 1 saturated heterocycles. The molecule has 2 aliphatic rings. The number of carbonyl (C=O) groups excluding carboxylic acids is 5. The van der Waals surface area contributed by atoms with Crippen LogP contribution in [0.15, 0.2) is 18.2 Å². The van der Waals surface area contributed by atoms with Crippen LogP contribution < -0.4 is 21.1 Å². The summed E-state index contributed by atoms with van der Waals surface area (Å²) in [5.74, 6) is -2.79.